The molecular formula is C16H9ClF3N3O3. The number of ether oxygens (including phenoxy) is 1. The van der Waals surface area contributed by atoms with E-state index in [9.17, 15) is 18.0 Å². The minimum atomic E-state index is -4.76. The monoisotopic (exact) mass is 383 g/mol. The maximum atomic E-state index is 12.2. The van der Waals surface area contributed by atoms with Crippen molar-refractivity contribution in [3.8, 4) is 28.1 Å². The number of hydrogen-bond acceptors (Lipinski definition) is 4. The summed E-state index contributed by atoms with van der Waals surface area (Å²) in [5.41, 5.74) is 1.42. The van der Waals surface area contributed by atoms with E-state index in [1.165, 1.54) is 30.3 Å². The molecule has 1 aromatic heterocycles. The van der Waals surface area contributed by atoms with Crippen molar-refractivity contribution in [2.24, 2.45) is 0 Å². The molecule has 0 fully saturated rings. The molecule has 26 heavy (non-hydrogen) atoms. The number of aromatic amines is 1. The molecule has 0 bridgehead atoms. The van der Waals surface area contributed by atoms with Crippen LogP contribution in [0.3, 0.4) is 0 Å². The first-order valence-corrected chi connectivity index (χ1v) is 7.42. The first-order chi connectivity index (χ1) is 12.2. The summed E-state index contributed by atoms with van der Waals surface area (Å²) in [6.07, 6.45) is -4.76. The third kappa shape index (κ3) is 3.77. The van der Waals surface area contributed by atoms with Crippen LogP contribution in [0, 0.1) is 0 Å². The van der Waals surface area contributed by atoms with E-state index in [0.717, 1.165) is 0 Å². The van der Waals surface area contributed by atoms with Crippen LogP contribution < -0.4 is 4.74 Å². The van der Waals surface area contributed by atoms with Crippen LogP contribution in [0.15, 0.2) is 42.5 Å². The molecule has 0 aliphatic heterocycles. The highest BCUT2D eigenvalue weighted by Gasteiger charge is 2.31. The number of H-pyrrole nitrogens is 1. The van der Waals surface area contributed by atoms with Gasteiger partial charge in [0.25, 0.3) is 0 Å². The van der Waals surface area contributed by atoms with E-state index in [4.69, 9.17) is 16.7 Å². The first kappa shape index (κ1) is 17.7. The Morgan fingerprint density at radius 2 is 1.73 bits per heavy atom. The SMILES string of the molecule is O=C(O)c1n[nH]nc1-c1ccc(-c2ccc(OC(F)(F)F)cc2)c(Cl)c1. The molecule has 0 aliphatic carbocycles. The van der Waals surface area contributed by atoms with Crippen LogP contribution >= 0.6 is 11.6 Å². The Labute approximate surface area is 149 Å². The molecule has 1 heterocycles. The highest BCUT2D eigenvalue weighted by Crippen LogP contribution is 2.33. The second kappa shape index (κ2) is 6.68. The fourth-order valence-corrected chi connectivity index (χ4v) is 2.60. The summed E-state index contributed by atoms with van der Waals surface area (Å²) >= 11 is 6.24. The summed E-state index contributed by atoms with van der Waals surface area (Å²) in [6, 6.07) is 9.91. The van der Waals surface area contributed by atoms with Crippen molar-refractivity contribution < 1.29 is 27.8 Å². The number of aromatic carboxylic acids is 1. The Morgan fingerprint density at radius 3 is 2.31 bits per heavy atom. The van der Waals surface area contributed by atoms with Gasteiger partial charge in [-0.05, 0) is 23.8 Å². The second-order valence-corrected chi connectivity index (χ2v) is 5.50. The summed E-state index contributed by atoms with van der Waals surface area (Å²) in [7, 11) is 0. The zero-order valence-corrected chi connectivity index (χ0v) is 13.5. The number of nitrogens with one attached hydrogen (secondary N) is 1. The van der Waals surface area contributed by atoms with Gasteiger partial charge in [0, 0.05) is 16.1 Å². The van der Waals surface area contributed by atoms with Gasteiger partial charge in [-0.15, -0.1) is 18.3 Å². The van der Waals surface area contributed by atoms with Crippen LogP contribution in [-0.4, -0.2) is 32.8 Å². The average molecular weight is 384 g/mol. The van der Waals surface area contributed by atoms with E-state index in [1.807, 2.05) is 0 Å². The first-order valence-electron chi connectivity index (χ1n) is 7.05. The van der Waals surface area contributed by atoms with Crippen LogP contribution in [0.2, 0.25) is 5.02 Å². The van der Waals surface area contributed by atoms with Crippen molar-refractivity contribution in [3.63, 3.8) is 0 Å². The Balaban J connectivity index is 1.90. The van der Waals surface area contributed by atoms with Crippen molar-refractivity contribution in [3.05, 3.63) is 53.2 Å². The van der Waals surface area contributed by atoms with E-state index >= 15 is 0 Å². The highest BCUT2D eigenvalue weighted by molar-refractivity contribution is 6.33. The molecule has 0 saturated carbocycles. The van der Waals surface area contributed by atoms with Crippen molar-refractivity contribution in [2.75, 3.05) is 0 Å². The summed E-state index contributed by atoms with van der Waals surface area (Å²) in [4.78, 5) is 11.1. The predicted octanol–water partition coefficient (Wildman–Crippen LogP) is 4.39. The number of nitrogens with zero attached hydrogens (tertiary/aromatic N) is 2. The van der Waals surface area contributed by atoms with Gasteiger partial charge in [-0.3, -0.25) is 0 Å². The number of benzene rings is 2. The lowest BCUT2D eigenvalue weighted by Gasteiger charge is -2.10. The topological polar surface area (TPSA) is 88.1 Å². The van der Waals surface area contributed by atoms with Gasteiger partial charge in [0.1, 0.15) is 11.4 Å². The number of carboxylic acid groups (broad SMARTS) is 1. The van der Waals surface area contributed by atoms with Crippen LogP contribution in [0.4, 0.5) is 13.2 Å². The number of carboxylic acids is 1. The lowest BCUT2D eigenvalue weighted by atomic mass is 10.0. The lowest BCUT2D eigenvalue weighted by molar-refractivity contribution is -0.274. The zero-order chi connectivity index (χ0) is 18.9. The van der Waals surface area contributed by atoms with Gasteiger partial charge in [-0.2, -0.15) is 10.3 Å². The number of alkyl halides is 3. The predicted molar refractivity (Wildman–Crippen MR) is 85.9 cm³/mol. The standard InChI is InChI=1S/C16H9ClF3N3O3/c17-12-7-9(13-14(15(24)25)22-23-21-13)3-6-11(12)8-1-4-10(5-2-8)26-16(18,19)20/h1-7H,(H,24,25)(H,21,22,23). The molecule has 6 nitrogen and oxygen atoms in total. The second-order valence-electron chi connectivity index (χ2n) is 5.09. The van der Waals surface area contributed by atoms with Crippen molar-refractivity contribution in [1.29, 1.82) is 0 Å². The molecule has 0 unspecified atom stereocenters. The Kier molecular flexibility index (Phi) is 4.56. The van der Waals surface area contributed by atoms with Gasteiger partial charge in [-0.25, -0.2) is 4.79 Å². The molecule has 3 rings (SSSR count). The molecule has 10 heteroatoms. The Morgan fingerprint density at radius 1 is 1.08 bits per heavy atom. The minimum Gasteiger partial charge on any atom is -0.476 e. The maximum absolute atomic E-state index is 12.2. The van der Waals surface area contributed by atoms with Gasteiger partial charge >= 0.3 is 12.3 Å². The van der Waals surface area contributed by atoms with E-state index in [-0.39, 0.29) is 22.2 Å². The third-order valence-electron chi connectivity index (χ3n) is 3.39. The van der Waals surface area contributed by atoms with Crippen LogP contribution in [0.1, 0.15) is 10.5 Å². The normalized spacial score (nSPS) is 11.4. The average Bonchev–Trinajstić information content (AvgIpc) is 3.04. The van der Waals surface area contributed by atoms with Gasteiger partial charge in [0.05, 0.1) is 0 Å². The summed E-state index contributed by atoms with van der Waals surface area (Å²) in [5, 5.41) is 18.9. The molecule has 2 aromatic carbocycles. The van der Waals surface area contributed by atoms with Crippen molar-refractivity contribution in [1.82, 2.24) is 15.4 Å². The molecule has 134 valence electrons. The smallest absolute Gasteiger partial charge is 0.476 e. The van der Waals surface area contributed by atoms with E-state index in [1.54, 1.807) is 12.1 Å². The molecule has 0 atom stereocenters. The van der Waals surface area contributed by atoms with E-state index < -0.39 is 12.3 Å². The molecule has 0 radical (unpaired) electrons. The zero-order valence-electron chi connectivity index (χ0n) is 12.7. The van der Waals surface area contributed by atoms with E-state index in [0.29, 0.717) is 16.7 Å². The fourth-order valence-electron chi connectivity index (χ4n) is 2.31. The van der Waals surface area contributed by atoms with Gasteiger partial charge in [0.2, 0.25) is 0 Å². The molecule has 2 N–H and O–H groups in total. The Hall–Kier alpha value is -3.07. The number of halogens is 4. The maximum Gasteiger partial charge on any atom is 0.573 e. The number of aromatic nitrogens is 3. The highest BCUT2D eigenvalue weighted by atomic mass is 35.5. The molecule has 0 spiro atoms. The number of hydrogen-bond donors (Lipinski definition) is 2. The third-order valence-corrected chi connectivity index (χ3v) is 3.70. The van der Waals surface area contributed by atoms with Gasteiger partial charge in [-0.1, -0.05) is 35.9 Å². The van der Waals surface area contributed by atoms with Crippen LogP contribution in [0.25, 0.3) is 22.4 Å². The minimum absolute atomic E-state index is 0.125. The number of carbonyl (C=O) groups is 1. The van der Waals surface area contributed by atoms with Crippen molar-refractivity contribution in [2.45, 2.75) is 6.36 Å². The lowest BCUT2D eigenvalue weighted by Crippen LogP contribution is -2.16. The summed E-state index contributed by atoms with van der Waals surface area (Å²) in [6.45, 7) is 0. The van der Waals surface area contributed by atoms with Gasteiger partial charge in [0.15, 0.2) is 5.69 Å². The molecular weight excluding hydrogens is 375 g/mol. The largest absolute Gasteiger partial charge is 0.573 e. The van der Waals surface area contributed by atoms with Crippen LogP contribution in [0.5, 0.6) is 5.75 Å². The van der Waals surface area contributed by atoms with Crippen LogP contribution in [-0.2, 0) is 0 Å². The molecule has 0 saturated heterocycles. The molecule has 0 aliphatic rings. The summed E-state index contributed by atoms with van der Waals surface area (Å²) < 4.78 is 40.4. The number of rotatable bonds is 4. The van der Waals surface area contributed by atoms with Gasteiger partial charge < -0.3 is 9.84 Å². The quantitative estimate of drug-likeness (QED) is 0.697. The molecule has 3 aromatic rings. The Bertz CT molecular complexity index is 955. The fraction of sp³-hybridized carbons (Fsp3) is 0.0625. The molecule has 0 amide bonds. The van der Waals surface area contributed by atoms with Crippen molar-refractivity contribution >= 4 is 17.6 Å². The van der Waals surface area contributed by atoms with E-state index in [2.05, 4.69) is 20.1 Å². The summed E-state index contributed by atoms with van der Waals surface area (Å²) in [5.74, 6) is -1.59.